The molecule has 1 heterocycles. The number of aromatic nitrogens is 2. The van der Waals surface area contributed by atoms with E-state index in [0.717, 1.165) is 0 Å². The molecule has 0 aromatic carbocycles. The molecule has 0 atom stereocenters. The van der Waals surface area contributed by atoms with Gasteiger partial charge in [0.25, 0.3) is 5.56 Å². The fourth-order valence-corrected chi connectivity index (χ4v) is 1.38. The van der Waals surface area contributed by atoms with Crippen molar-refractivity contribution in [2.45, 2.75) is 6.92 Å². The first-order chi connectivity index (χ1) is 6.00. The molecule has 0 amide bonds. The number of rotatable bonds is 1. The molecule has 0 bridgehead atoms. The Hall–Kier alpha value is -1.23. The van der Waals surface area contributed by atoms with Crippen LogP contribution in [0.2, 0.25) is 0 Å². The SMILES string of the molecule is Cc1c(C=O)n(C)c(=S)n(C)c1=O. The number of nitrogens with zero attached hydrogens (tertiary/aromatic N) is 2. The monoisotopic (exact) mass is 198 g/mol. The second kappa shape index (κ2) is 3.26. The first-order valence-electron chi connectivity index (χ1n) is 3.72. The van der Waals surface area contributed by atoms with Crippen molar-refractivity contribution >= 4 is 18.5 Å². The minimum absolute atomic E-state index is 0.217. The van der Waals surface area contributed by atoms with Crippen molar-refractivity contribution in [2.75, 3.05) is 0 Å². The van der Waals surface area contributed by atoms with E-state index in [0.29, 0.717) is 22.3 Å². The van der Waals surface area contributed by atoms with Crippen LogP contribution in [0.1, 0.15) is 16.1 Å². The maximum Gasteiger partial charge on any atom is 0.257 e. The molecule has 13 heavy (non-hydrogen) atoms. The number of aldehydes is 1. The summed E-state index contributed by atoms with van der Waals surface area (Å²) in [5.41, 5.74) is 0.548. The van der Waals surface area contributed by atoms with Crippen LogP contribution in [0.25, 0.3) is 0 Å². The molecule has 0 saturated carbocycles. The standard InChI is InChI=1S/C8H10N2O2S/c1-5-6(4-11)9(2)8(13)10(3)7(5)12/h4H,1-3H3. The highest BCUT2D eigenvalue weighted by Crippen LogP contribution is 1.99. The third-order valence-electron chi connectivity index (χ3n) is 2.06. The summed E-state index contributed by atoms with van der Waals surface area (Å²) in [6.07, 6.45) is 0.645. The lowest BCUT2D eigenvalue weighted by atomic mass is 10.2. The summed E-state index contributed by atoms with van der Waals surface area (Å²) >= 11 is 4.96. The maximum absolute atomic E-state index is 11.4. The van der Waals surface area contributed by atoms with Crippen LogP contribution in [-0.2, 0) is 14.1 Å². The van der Waals surface area contributed by atoms with Crippen molar-refractivity contribution in [3.05, 3.63) is 26.4 Å². The van der Waals surface area contributed by atoms with E-state index in [1.807, 2.05) is 0 Å². The highest BCUT2D eigenvalue weighted by Gasteiger charge is 2.07. The molecule has 0 radical (unpaired) electrons. The van der Waals surface area contributed by atoms with Gasteiger partial charge in [0.15, 0.2) is 11.1 Å². The Labute approximate surface area is 80.4 Å². The predicted molar refractivity (Wildman–Crippen MR) is 51.6 cm³/mol. The summed E-state index contributed by atoms with van der Waals surface area (Å²) in [6, 6.07) is 0. The third kappa shape index (κ3) is 1.35. The van der Waals surface area contributed by atoms with Crippen molar-refractivity contribution in [3.63, 3.8) is 0 Å². The molecule has 5 heteroatoms. The summed E-state index contributed by atoms with van der Waals surface area (Å²) < 4.78 is 3.22. The van der Waals surface area contributed by atoms with Crippen molar-refractivity contribution in [3.8, 4) is 0 Å². The lowest BCUT2D eigenvalue weighted by Gasteiger charge is -2.09. The maximum atomic E-state index is 11.4. The molecule has 1 rings (SSSR count). The number of carbonyl (C=O) groups is 1. The van der Waals surface area contributed by atoms with Gasteiger partial charge in [0.2, 0.25) is 0 Å². The van der Waals surface area contributed by atoms with E-state index >= 15 is 0 Å². The van der Waals surface area contributed by atoms with Gasteiger partial charge in [-0.05, 0) is 19.1 Å². The van der Waals surface area contributed by atoms with Gasteiger partial charge in [-0.2, -0.15) is 0 Å². The van der Waals surface area contributed by atoms with Crippen LogP contribution in [-0.4, -0.2) is 15.4 Å². The van der Waals surface area contributed by atoms with Crippen LogP contribution in [0.4, 0.5) is 0 Å². The lowest BCUT2D eigenvalue weighted by Crippen LogP contribution is -2.26. The average molecular weight is 198 g/mol. The first kappa shape index (κ1) is 9.85. The minimum Gasteiger partial charge on any atom is -0.318 e. The molecule has 0 unspecified atom stereocenters. The molecular weight excluding hydrogens is 188 g/mol. The highest BCUT2D eigenvalue weighted by molar-refractivity contribution is 7.71. The van der Waals surface area contributed by atoms with Gasteiger partial charge in [0, 0.05) is 19.7 Å². The summed E-state index contributed by atoms with van der Waals surface area (Å²) in [7, 11) is 3.25. The van der Waals surface area contributed by atoms with E-state index < -0.39 is 0 Å². The number of hydrogen-bond acceptors (Lipinski definition) is 3. The Balaban J connectivity index is 3.88. The Kier molecular flexibility index (Phi) is 2.47. The third-order valence-corrected chi connectivity index (χ3v) is 2.60. The smallest absolute Gasteiger partial charge is 0.257 e. The van der Waals surface area contributed by atoms with E-state index in [1.54, 1.807) is 21.0 Å². The molecule has 0 aliphatic heterocycles. The average Bonchev–Trinajstić information content (AvgIpc) is 2.13. The molecule has 70 valence electrons. The molecule has 0 N–H and O–H groups in total. The summed E-state index contributed by atoms with van der Waals surface area (Å²) in [6.45, 7) is 1.61. The molecule has 0 saturated heterocycles. The predicted octanol–water partition coefficient (Wildman–Crippen LogP) is 0.574. The van der Waals surface area contributed by atoms with Gasteiger partial charge in [-0.3, -0.25) is 14.2 Å². The number of hydrogen-bond donors (Lipinski definition) is 0. The van der Waals surface area contributed by atoms with E-state index in [9.17, 15) is 9.59 Å². The molecule has 0 spiro atoms. The van der Waals surface area contributed by atoms with Crippen LogP contribution in [0.3, 0.4) is 0 Å². The largest absolute Gasteiger partial charge is 0.318 e. The molecule has 4 nitrogen and oxygen atoms in total. The van der Waals surface area contributed by atoms with Crippen molar-refractivity contribution in [2.24, 2.45) is 14.1 Å². The van der Waals surface area contributed by atoms with Crippen molar-refractivity contribution in [1.82, 2.24) is 9.13 Å². The highest BCUT2D eigenvalue weighted by atomic mass is 32.1. The van der Waals surface area contributed by atoms with Crippen LogP contribution in [0, 0.1) is 11.7 Å². The van der Waals surface area contributed by atoms with E-state index in [4.69, 9.17) is 12.2 Å². The lowest BCUT2D eigenvalue weighted by molar-refractivity contribution is 0.111. The molecule has 0 fully saturated rings. The zero-order valence-electron chi connectivity index (χ0n) is 7.70. The van der Waals surface area contributed by atoms with Gasteiger partial charge in [0.1, 0.15) is 0 Å². The Morgan fingerprint density at radius 2 is 1.85 bits per heavy atom. The normalized spacial score (nSPS) is 10.1. The second-order valence-corrected chi connectivity index (χ2v) is 3.20. The summed E-state index contributed by atoms with van der Waals surface area (Å²) in [4.78, 5) is 22.1. The molecule has 1 aromatic rings. The first-order valence-corrected chi connectivity index (χ1v) is 4.13. The fraction of sp³-hybridized carbons (Fsp3) is 0.375. The van der Waals surface area contributed by atoms with Gasteiger partial charge in [0.05, 0.1) is 5.69 Å². The van der Waals surface area contributed by atoms with Crippen LogP contribution < -0.4 is 5.56 Å². The second-order valence-electron chi connectivity index (χ2n) is 2.83. The van der Waals surface area contributed by atoms with E-state index in [1.165, 1.54) is 9.13 Å². The molecule has 0 aliphatic carbocycles. The zero-order valence-corrected chi connectivity index (χ0v) is 8.51. The fourth-order valence-electron chi connectivity index (χ4n) is 1.20. The van der Waals surface area contributed by atoms with Crippen LogP contribution in [0.15, 0.2) is 4.79 Å². The quantitative estimate of drug-likeness (QED) is 0.489. The van der Waals surface area contributed by atoms with Crippen molar-refractivity contribution in [1.29, 1.82) is 0 Å². The topological polar surface area (TPSA) is 44.0 Å². The van der Waals surface area contributed by atoms with Gasteiger partial charge in [-0.1, -0.05) is 0 Å². The molecule has 1 aromatic heterocycles. The van der Waals surface area contributed by atoms with Gasteiger partial charge in [-0.25, -0.2) is 0 Å². The van der Waals surface area contributed by atoms with Gasteiger partial charge >= 0.3 is 0 Å². The van der Waals surface area contributed by atoms with Crippen molar-refractivity contribution < 1.29 is 4.79 Å². The summed E-state index contributed by atoms with van der Waals surface area (Å²) in [5, 5.41) is 0. The molecular formula is C8H10N2O2S. The number of carbonyl (C=O) groups excluding carboxylic acids is 1. The Bertz CT molecular complexity index is 433. The van der Waals surface area contributed by atoms with E-state index in [2.05, 4.69) is 0 Å². The van der Waals surface area contributed by atoms with Gasteiger partial charge in [-0.15, -0.1) is 0 Å². The minimum atomic E-state index is -0.217. The Morgan fingerprint density at radius 3 is 2.31 bits per heavy atom. The molecule has 0 aliphatic rings. The summed E-state index contributed by atoms with van der Waals surface area (Å²) in [5.74, 6) is 0. The van der Waals surface area contributed by atoms with E-state index in [-0.39, 0.29) is 5.56 Å². The zero-order chi connectivity index (χ0) is 10.2. The van der Waals surface area contributed by atoms with Crippen LogP contribution in [0.5, 0.6) is 0 Å². The van der Waals surface area contributed by atoms with Crippen LogP contribution >= 0.6 is 12.2 Å². The Morgan fingerprint density at radius 1 is 1.31 bits per heavy atom. The van der Waals surface area contributed by atoms with Gasteiger partial charge < -0.3 is 4.57 Å².